The highest BCUT2D eigenvalue weighted by molar-refractivity contribution is 7.95. The van der Waals surface area contributed by atoms with Crippen molar-refractivity contribution in [2.24, 2.45) is 0 Å². The van der Waals surface area contributed by atoms with Crippen LogP contribution < -0.4 is 15.9 Å². The van der Waals surface area contributed by atoms with Crippen LogP contribution in [0.3, 0.4) is 0 Å². The molecule has 0 saturated carbocycles. The predicted octanol–water partition coefficient (Wildman–Crippen LogP) is 9.65. The van der Waals surface area contributed by atoms with Crippen molar-refractivity contribution in [1.82, 2.24) is 0 Å². The van der Waals surface area contributed by atoms with E-state index in [1.54, 1.807) is 0 Å². The molecule has 0 aromatic heterocycles. The number of rotatable bonds is 4. The average molecular weight is 566 g/mol. The summed E-state index contributed by atoms with van der Waals surface area (Å²) in [4.78, 5) is 0. The van der Waals surface area contributed by atoms with Gasteiger partial charge in [-0.1, -0.05) is 103 Å². The highest BCUT2D eigenvalue weighted by atomic mass is 31.2. The normalized spacial score (nSPS) is 12.7. The van der Waals surface area contributed by atoms with Crippen LogP contribution in [0.1, 0.15) is 11.1 Å². The first-order valence-corrected chi connectivity index (χ1v) is 17.3. The second kappa shape index (κ2) is 9.37. The van der Waals surface area contributed by atoms with Gasteiger partial charge < -0.3 is 0 Å². The third kappa shape index (κ3) is 3.60. The molecule has 2 aliphatic carbocycles. The summed E-state index contributed by atoms with van der Waals surface area (Å²) in [5.74, 6) is 0. The minimum atomic E-state index is -1.75. The molecule has 7 aromatic rings. The highest BCUT2D eigenvalue weighted by Gasteiger charge is 2.40. The second-order valence-electron chi connectivity index (χ2n) is 12.0. The molecule has 0 heterocycles. The predicted molar refractivity (Wildman–Crippen MR) is 187 cm³/mol. The Morgan fingerprint density at radius 2 is 1.05 bits per heavy atom. The molecule has 0 aliphatic heterocycles. The van der Waals surface area contributed by atoms with Gasteiger partial charge in [0.2, 0.25) is 0 Å². The van der Waals surface area contributed by atoms with Gasteiger partial charge in [0.05, 0.1) is 6.66 Å². The van der Waals surface area contributed by atoms with Crippen LogP contribution in [-0.2, 0) is 6.42 Å². The van der Waals surface area contributed by atoms with Gasteiger partial charge in [0.25, 0.3) is 0 Å². The topological polar surface area (TPSA) is 0 Å². The number of hydrogen-bond donors (Lipinski definition) is 0. The number of fused-ring (bicyclic) bond motifs is 7. The van der Waals surface area contributed by atoms with Crippen molar-refractivity contribution >= 4 is 33.9 Å². The zero-order valence-corrected chi connectivity index (χ0v) is 25.0. The van der Waals surface area contributed by atoms with E-state index < -0.39 is 7.26 Å². The van der Waals surface area contributed by atoms with Crippen molar-refractivity contribution in [3.8, 4) is 44.5 Å². The van der Waals surface area contributed by atoms with E-state index in [0.29, 0.717) is 0 Å². The Hall–Kier alpha value is -4.77. The Labute approximate surface area is 253 Å². The third-order valence-electron chi connectivity index (χ3n) is 9.77. The smallest absolute Gasteiger partial charge is 0.0620 e. The molecule has 43 heavy (non-hydrogen) atoms. The van der Waals surface area contributed by atoms with Crippen molar-refractivity contribution in [1.29, 1.82) is 0 Å². The lowest BCUT2D eigenvalue weighted by Crippen LogP contribution is -2.30. The van der Waals surface area contributed by atoms with Crippen molar-refractivity contribution in [2.75, 3.05) is 6.66 Å². The monoisotopic (exact) mass is 565 g/mol. The number of hydrogen-bond acceptors (Lipinski definition) is 0. The lowest BCUT2D eigenvalue weighted by molar-refractivity contribution is 1.27. The molecule has 0 nitrogen and oxygen atoms in total. The molecule has 0 fully saturated rings. The molecule has 9 rings (SSSR count). The van der Waals surface area contributed by atoms with Gasteiger partial charge in [0.1, 0.15) is 23.2 Å². The zero-order chi connectivity index (χ0) is 28.5. The van der Waals surface area contributed by atoms with E-state index in [1.807, 2.05) is 0 Å². The van der Waals surface area contributed by atoms with E-state index in [4.69, 9.17) is 0 Å². The first kappa shape index (κ1) is 24.8. The summed E-state index contributed by atoms with van der Waals surface area (Å²) in [5.41, 5.74) is 13.7. The van der Waals surface area contributed by atoms with Crippen LogP contribution in [0.15, 0.2) is 152 Å². The average Bonchev–Trinajstić information content (AvgIpc) is 3.62. The molecule has 7 aromatic carbocycles. The maximum atomic E-state index is 2.47. The first-order chi connectivity index (χ1) is 21.2. The first-order valence-electron chi connectivity index (χ1n) is 15.1. The minimum Gasteiger partial charge on any atom is -0.0620 e. The number of benzene rings is 7. The molecule has 1 heteroatoms. The van der Waals surface area contributed by atoms with Crippen LogP contribution in [0.5, 0.6) is 0 Å². The molecule has 0 unspecified atom stereocenters. The van der Waals surface area contributed by atoms with E-state index in [1.165, 1.54) is 82.3 Å². The van der Waals surface area contributed by atoms with Crippen LogP contribution in [0.25, 0.3) is 55.3 Å². The Morgan fingerprint density at radius 1 is 0.419 bits per heavy atom. The van der Waals surface area contributed by atoms with Crippen LogP contribution in [0.4, 0.5) is 0 Å². The molecular formula is C42H30P+. The van der Waals surface area contributed by atoms with Gasteiger partial charge in [0.15, 0.2) is 0 Å². The van der Waals surface area contributed by atoms with Crippen molar-refractivity contribution in [3.05, 3.63) is 163 Å². The third-order valence-corrected chi connectivity index (χ3v) is 13.8. The summed E-state index contributed by atoms with van der Waals surface area (Å²) in [6, 6.07) is 56.8. The molecule has 0 bridgehead atoms. The summed E-state index contributed by atoms with van der Waals surface area (Å²) < 4.78 is 0. The maximum Gasteiger partial charge on any atom is 0.109 e. The summed E-state index contributed by atoms with van der Waals surface area (Å²) in [6.45, 7) is 2.45. The fraction of sp³-hybridized carbons (Fsp3) is 0.0476. The summed E-state index contributed by atoms with van der Waals surface area (Å²) in [5, 5.41) is 7.02. The van der Waals surface area contributed by atoms with E-state index in [0.717, 1.165) is 6.42 Å². The Balaban J connectivity index is 1.14. The summed E-state index contributed by atoms with van der Waals surface area (Å²) in [7, 11) is -1.75. The Morgan fingerprint density at radius 3 is 1.79 bits per heavy atom. The fourth-order valence-corrected chi connectivity index (χ4v) is 10.8. The quantitative estimate of drug-likeness (QED) is 0.186. The molecule has 0 atom stereocenters. The van der Waals surface area contributed by atoms with Crippen molar-refractivity contribution in [2.45, 2.75) is 6.42 Å². The largest absolute Gasteiger partial charge is 0.109 e. The molecule has 0 saturated heterocycles. The molecule has 0 N–H and O–H groups in total. The Kier molecular flexibility index (Phi) is 5.40. The van der Waals surface area contributed by atoms with Crippen LogP contribution in [0.2, 0.25) is 0 Å². The fourth-order valence-electron chi connectivity index (χ4n) is 7.59. The van der Waals surface area contributed by atoms with Crippen LogP contribution in [-0.4, -0.2) is 6.66 Å². The zero-order valence-electron chi connectivity index (χ0n) is 24.1. The lowest BCUT2D eigenvalue weighted by atomic mass is 9.93. The van der Waals surface area contributed by atoms with E-state index in [9.17, 15) is 0 Å². The minimum absolute atomic E-state index is 1.02. The highest BCUT2D eigenvalue weighted by Crippen LogP contribution is 2.54. The maximum absolute atomic E-state index is 2.47. The van der Waals surface area contributed by atoms with Crippen molar-refractivity contribution < 1.29 is 0 Å². The van der Waals surface area contributed by atoms with Gasteiger partial charge in [-0.2, -0.15) is 0 Å². The van der Waals surface area contributed by atoms with Gasteiger partial charge >= 0.3 is 0 Å². The van der Waals surface area contributed by atoms with Gasteiger partial charge in [-0.05, 0) is 121 Å². The van der Waals surface area contributed by atoms with Crippen LogP contribution in [0, 0.1) is 0 Å². The van der Waals surface area contributed by atoms with Crippen LogP contribution >= 0.6 is 7.26 Å². The van der Waals surface area contributed by atoms with Gasteiger partial charge in [0, 0.05) is 0 Å². The molecule has 0 spiro atoms. The molecule has 0 radical (unpaired) electrons. The second-order valence-corrected chi connectivity index (χ2v) is 15.6. The SMILES string of the molecule is C[P+](c1ccccc1)(c1ccccc1)c1ccc(-c2ccc3c(c2)-c2cccc4c5c(cc-3c24)Cc2ccccc2-5)cc1. The van der Waals surface area contributed by atoms with Crippen molar-refractivity contribution in [3.63, 3.8) is 0 Å². The van der Waals surface area contributed by atoms with Gasteiger partial charge in [-0.3, -0.25) is 0 Å². The van der Waals surface area contributed by atoms with Gasteiger partial charge in [-0.15, -0.1) is 0 Å². The molecule has 0 amide bonds. The molecular weight excluding hydrogens is 535 g/mol. The van der Waals surface area contributed by atoms with Gasteiger partial charge in [-0.25, -0.2) is 0 Å². The standard InChI is InChI=1S/C42H30P/c1-43(32-12-4-2-5-13-32,33-14-6-3-7-15-33)34-22-19-28(20-23-34)29-21-24-36-39(26-29)37-17-10-18-38-41-31(27-40(36)42(37)38)25-30-11-8-9-16-35(30)41/h2-24,26-27H,25H2,1H3/q+1. The summed E-state index contributed by atoms with van der Waals surface area (Å²) >= 11 is 0. The lowest BCUT2D eigenvalue weighted by Gasteiger charge is -2.23. The Bertz CT molecular complexity index is 2150. The summed E-state index contributed by atoms with van der Waals surface area (Å²) in [6.07, 6.45) is 1.02. The van der Waals surface area contributed by atoms with E-state index in [2.05, 4.69) is 158 Å². The van der Waals surface area contributed by atoms with E-state index >= 15 is 0 Å². The van der Waals surface area contributed by atoms with E-state index in [-0.39, 0.29) is 0 Å². The molecule has 202 valence electrons. The molecule has 2 aliphatic rings.